The summed E-state index contributed by atoms with van der Waals surface area (Å²) in [4.78, 5) is 13.7. The number of hydrogen-bond donors (Lipinski definition) is 2. The summed E-state index contributed by atoms with van der Waals surface area (Å²) in [6.07, 6.45) is 2.86. The van der Waals surface area contributed by atoms with Crippen LogP contribution in [0.15, 0.2) is 0 Å². The van der Waals surface area contributed by atoms with Gasteiger partial charge in [-0.2, -0.15) is 5.26 Å². The lowest BCUT2D eigenvalue weighted by Gasteiger charge is -2.29. The first kappa shape index (κ1) is 13.9. The van der Waals surface area contributed by atoms with Gasteiger partial charge in [0.05, 0.1) is 19.0 Å². The predicted molar refractivity (Wildman–Crippen MR) is 66.3 cm³/mol. The van der Waals surface area contributed by atoms with Crippen molar-refractivity contribution in [1.82, 2.24) is 15.5 Å². The first-order chi connectivity index (χ1) is 8.22. The zero-order valence-electron chi connectivity index (χ0n) is 10.5. The number of rotatable bonds is 6. The quantitative estimate of drug-likeness (QED) is 0.637. The Morgan fingerprint density at radius 1 is 1.59 bits per heavy atom. The first-order valence-corrected chi connectivity index (χ1v) is 6.25. The molecule has 0 aromatic rings. The molecule has 0 radical (unpaired) electrons. The third-order valence-electron chi connectivity index (χ3n) is 3.00. The molecule has 96 valence electrons. The molecule has 0 aliphatic carbocycles. The van der Waals surface area contributed by atoms with E-state index in [1.807, 2.05) is 6.07 Å². The van der Waals surface area contributed by atoms with Crippen molar-refractivity contribution in [3.05, 3.63) is 0 Å². The first-order valence-electron chi connectivity index (χ1n) is 6.25. The Kier molecular flexibility index (Phi) is 6.60. The highest BCUT2D eigenvalue weighted by Crippen LogP contribution is 2.13. The van der Waals surface area contributed by atoms with E-state index in [0.29, 0.717) is 25.4 Å². The zero-order chi connectivity index (χ0) is 12.5. The van der Waals surface area contributed by atoms with Crippen molar-refractivity contribution in [3.63, 3.8) is 0 Å². The van der Waals surface area contributed by atoms with Crippen molar-refractivity contribution in [2.75, 3.05) is 39.8 Å². The van der Waals surface area contributed by atoms with Gasteiger partial charge in [-0.15, -0.1) is 0 Å². The van der Waals surface area contributed by atoms with Gasteiger partial charge in [-0.05, 0) is 38.9 Å². The van der Waals surface area contributed by atoms with E-state index in [1.54, 1.807) is 0 Å². The summed E-state index contributed by atoms with van der Waals surface area (Å²) >= 11 is 0. The van der Waals surface area contributed by atoms with Gasteiger partial charge in [0.2, 0.25) is 5.91 Å². The van der Waals surface area contributed by atoms with Gasteiger partial charge in [0.1, 0.15) is 0 Å². The Hall–Kier alpha value is -1.12. The van der Waals surface area contributed by atoms with Crippen molar-refractivity contribution >= 4 is 5.91 Å². The van der Waals surface area contributed by atoms with E-state index in [4.69, 9.17) is 5.26 Å². The van der Waals surface area contributed by atoms with Gasteiger partial charge in [0.25, 0.3) is 0 Å². The van der Waals surface area contributed by atoms with Crippen molar-refractivity contribution in [3.8, 4) is 6.07 Å². The fourth-order valence-electron chi connectivity index (χ4n) is 2.15. The molecular formula is C12H22N4O. The second-order valence-corrected chi connectivity index (χ2v) is 4.66. The molecule has 1 saturated heterocycles. The lowest BCUT2D eigenvalue weighted by Crippen LogP contribution is -2.40. The van der Waals surface area contributed by atoms with Gasteiger partial charge < -0.3 is 15.5 Å². The second-order valence-electron chi connectivity index (χ2n) is 4.66. The smallest absolute Gasteiger partial charge is 0.233 e. The second kappa shape index (κ2) is 8.04. The largest absolute Gasteiger partial charge is 0.354 e. The Bertz CT molecular complexity index is 274. The molecule has 1 unspecified atom stereocenters. The SMILES string of the molecule is CN1CCCC(CNCC(=O)NCCC#N)C1. The Labute approximate surface area is 103 Å². The Morgan fingerprint density at radius 3 is 3.12 bits per heavy atom. The van der Waals surface area contributed by atoms with E-state index in [2.05, 4.69) is 22.6 Å². The van der Waals surface area contributed by atoms with Crippen LogP contribution in [0.5, 0.6) is 0 Å². The zero-order valence-corrected chi connectivity index (χ0v) is 10.5. The maximum absolute atomic E-state index is 11.3. The van der Waals surface area contributed by atoms with Gasteiger partial charge in [-0.1, -0.05) is 0 Å². The van der Waals surface area contributed by atoms with Crippen LogP contribution in [0.4, 0.5) is 0 Å². The molecule has 0 bridgehead atoms. The maximum Gasteiger partial charge on any atom is 0.233 e. The van der Waals surface area contributed by atoms with Crippen LogP contribution < -0.4 is 10.6 Å². The highest BCUT2D eigenvalue weighted by Gasteiger charge is 2.16. The number of nitriles is 1. The molecule has 0 aromatic carbocycles. The van der Waals surface area contributed by atoms with Crippen LogP contribution in [0.3, 0.4) is 0 Å². The predicted octanol–water partition coefficient (Wildman–Crippen LogP) is -0.0523. The third kappa shape index (κ3) is 6.25. The van der Waals surface area contributed by atoms with Gasteiger partial charge >= 0.3 is 0 Å². The van der Waals surface area contributed by atoms with Crippen molar-refractivity contribution in [1.29, 1.82) is 5.26 Å². The average molecular weight is 238 g/mol. The van der Waals surface area contributed by atoms with Crippen molar-refractivity contribution in [2.45, 2.75) is 19.3 Å². The van der Waals surface area contributed by atoms with Crippen LogP contribution >= 0.6 is 0 Å². The minimum Gasteiger partial charge on any atom is -0.354 e. The van der Waals surface area contributed by atoms with Crippen LogP contribution in [0.25, 0.3) is 0 Å². The van der Waals surface area contributed by atoms with E-state index in [9.17, 15) is 4.79 Å². The summed E-state index contributed by atoms with van der Waals surface area (Å²) in [6.45, 7) is 4.00. The molecule has 0 aromatic heterocycles. The highest BCUT2D eigenvalue weighted by atomic mass is 16.1. The summed E-state index contributed by atoms with van der Waals surface area (Å²) in [5.74, 6) is 0.630. The summed E-state index contributed by atoms with van der Waals surface area (Å²) in [6, 6.07) is 2.00. The van der Waals surface area contributed by atoms with Crippen molar-refractivity contribution < 1.29 is 4.79 Å². The molecule has 0 spiro atoms. The summed E-state index contributed by atoms with van der Waals surface area (Å²) < 4.78 is 0. The number of carbonyl (C=O) groups is 1. The third-order valence-corrected chi connectivity index (χ3v) is 3.00. The highest BCUT2D eigenvalue weighted by molar-refractivity contribution is 5.77. The monoisotopic (exact) mass is 238 g/mol. The van der Waals surface area contributed by atoms with Crippen molar-refractivity contribution in [2.24, 2.45) is 5.92 Å². The van der Waals surface area contributed by atoms with Gasteiger partial charge in [-0.25, -0.2) is 0 Å². The fourth-order valence-corrected chi connectivity index (χ4v) is 2.15. The number of nitrogens with one attached hydrogen (secondary N) is 2. The molecule has 1 heterocycles. The van der Waals surface area contributed by atoms with Crippen LogP contribution in [0, 0.1) is 17.2 Å². The van der Waals surface area contributed by atoms with E-state index < -0.39 is 0 Å². The fraction of sp³-hybridized carbons (Fsp3) is 0.833. The molecular weight excluding hydrogens is 216 g/mol. The standard InChI is InChI=1S/C12H22N4O/c1-16-7-2-4-11(10-16)8-14-9-12(17)15-6-3-5-13/h11,14H,2-4,6-10H2,1H3,(H,15,17). The molecule has 2 N–H and O–H groups in total. The van der Waals surface area contributed by atoms with E-state index in [1.165, 1.54) is 19.4 Å². The number of carbonyl (C=O) groups excluding carboxylic acids is 1. The molecule has 1 rings (SSSR count). The number of hydrogen-bond acceptors (Lipinski definition) is 4. The maximum atomic E-state index is 11.3. The molecule has 0 saturated carbocycles. The van der Waals surface area contributed by atoms with Gasteiger partial charge in [0, 0.05) is 13.1 Å². The molecule has 1 amide bonds. The minimum absolute atomic E-state index is 0.0237. The number of nitrogens with zero attached hydrogens (tertiary/aromatic N) is 2. The molecule has 17 heavy (non-hydrogen) atoms. The molecule has 1 fully saturated rings. The number of amides is 1. The average Bonchev–Trinajstić information content (AvgIpc) is 2.29. The Balaban J connectivity index is 2.03. The van der Waals surface area contributed by atoms with E-state index in [-0.39, 0.29) is 5.91 Å². The topological polar surface area (TPSA) is 68.2 Å². The molecule has 1 atom stereocenters. The van der Waals surface area contributed by atoms with Crippen LogP contribution in [0.1, 0.15) is 19.3 Å². The lowest BCUT2D eigenvalue weighted by atomic mass is 9.98. The van der Waals surface area contributed by atoms with Gasteiger partial charge in [0.15, 0.2) is 0 Å². The minimum atomic E-state index is -0.0237. The summed E-state index contributed by atoms with van der Waals surface area (Å²) in [5, 5.41) is 14.2. The molecule has 5 nitrogen and oxygen atoms in total. The normalized spacial score (nSPS) is 20.8. The van der Waals surface area contributed by atoms with Crippen LogP contribution in [-0.4, -0.2) is 50.6 Å². The molecule has 1 aliphatic heterocycles. The van der Waals surface area contributed by atoms with E-state index in [0.717, 1.165) is 13.1 Å². The van der Waals surface area contributed by atoms with Crippen LogP contribution in [-0.2, 0) is 4.79 Å². The van der Waals surface area contributed by atoms with Crippen LogP contribution in [0.2, 0.25) is 0 Å². The molecule has 5 heteroatoms. The number of piperidine rings is 1. The summed E-state index contributed by atoms with van der Waals surface area (Å²) in [7, 11) is 2.14. The van der Waals surface area contributed by atoms with E-state index >= 15 is 0 Å². The molecule has 1 aliphatic rings. The number of likely N-dealkylation sites (tertiary alicyclic amines) is 1. The van der Waals surface area contributed by atoms with Gasteiger partial charge in [-0.3, -0.25) is 4.79 Å². The summed E-state index contributed by atoms with van der Waals surface area (Å²) in [5.41, 5.74) is 0. The lowest BCUT2D eigenvalue weighted by molar-refractivity contribution is -0.120. The Morgan fingerprint density at radius 2 is 2.41 bits per heavy atom.